The molecule has 1 amide bonds. The molecule has 1 aliphatic rings. The third-order valence-corrected chi connectivity index (χ3v) is 3.90. The first-order valence-corrected chi connectivity index (χ1v) is 7.22. The van der Waals surface area contributed by atoms with Gasteiger partial charge in [-0.3, -0.25) is 4.79 Å². The molecule has 0 spiro atoms. The Morgan fingerprint density at radius 1 is 1.32 bits per heavy atom. The Labute approximate surface area is 115 Å². The Balaban J connectivity index is 1.74. The van der Waals surface area contributed by atoms with Gasteiger partial charge in [0.15, 0.2) is 0 Å². The minimum atomic E-state index is -0.0381. The molecule has 1 aliphatic carbocycles. The lowest BCUT2D eigenvalue weighted by Crippen LogP contribution is -2.25. The lowest BCUT2D eigenvalue weighted by Gasteiger charge is -2.11. The van der Waals surface area contributed by atoms with E-state index in [0.717, 1.165) is 18.9 Å². The Morgan fingerprint density at radius 2 is 2.05 bits per heavy atom. The first-order valence-electron chi connectivity index (χ1n) is 7.22. The van der Waals surface area contributed by atoms with Gasteiger partial charge in [0.25, 0.3) is 5.91 Å². The summed E-state index contributed by atoms with van der Waals surface area (Å²) in [6.45, 7) is 0.757. The largest absolute Gasteiger partial charge is 0.496 e. The summed E-state index contributed by atoms with van der Waals surface area (Å²) in [6, 6.07) is 7.34. The molecular weight excluding hydrogens is 238 g/mol. The second kappa shape index (κ2) is 7.17. The molecule has 3 heteroatoms. The van der Waals surface area contributed by atoms with Gasteiger partial charge in [-0.15, -0.1) is 0 Å². The van der Waals surface area contributed by atoms with Gasteiger partial charge >= 0.3 is 0 Å². The van der Waals surface area contributed by atoms with E-state index < -0.39 is 0 Å². The number of methoxy groups -OCH3 is 1. The van der Waals surface area contributed by atoms with Crippen LogP contribution in [0.15, 0.2) is 24.3 Å². The van der Waals surface area contributed by atoms with Crippen LogP contribution in [0.1, 0.15) is 48.9 Å². The van der Waals surface area contributed by atoms with Crippen molar-refractivity contribution in [2.45, 2.75) is 38.5 Å². The Bertz CT molecular complexity index is 411. The summed E-state index contributed by atoms with van der Waals surface area (Å²) in [7, 11) is 1.59. The van der Waals surface area contributed by atoms with E-state index in [2.05, 4.69) is 5.32 Å². The quantitative estimate of drug-likeness (QED) is 0.797. The fourth-order valence-electron chi connectivity index (χ4n) is 2.82. The molecule has 0 radical (unpaired) electrons. The van der Waals surface area contributed by atoms with Crippen LogP contribution in [-0.4, -0.2) is 19.6 Å². The maximum atomic E-state index is 12.0. The first-order chi connectivity index (χ1) is 9.31. The molecule has 0 atom stereocenters. The van der Waals surface area contributed by atoms with Gasteiger partial charge in [0.2, 0.25) is 0 Å². The molecule has 104 valence electrons. The van der Waals surface area contributed by atoms with Gasteiger partial charge in [-0.1, -0.05) is 37.8 Å². The highest BCUT2D eigenvalue weighted by Gasteiger charge is 2.15. The number of hydrogen-bond acceptors (Lipinski definition) is 2. The van der Waals surface area contributed by atoms with Crippen LogP contribution in [-0.2, 0) is 0 Å². The molecule has 1 aromatic carbocycles. The third-order valence-electron chi connectivity index (χ3n) is 3.90. The minimum Gasteiger partial charge on any atom is -0.496 e. The standard InChI is InChI=1S/C16H23NO2/c1-19-15-11-5-4-10-14(15)16(18)17-12-6-9-13-7-2-3-8-13/h4-5,10-11,13H,2-3,6-9,12H2,1H3,(H,17,18). The van der Waals surface area contributed by atoms with Gasteiger partial charge in [0, 0.05) is 6.54 Å². The number of carbonyl (C=O) groups excluding carboxylic acids is 1. The predicted octanol–water partition coefficient (Wildman–Crippen LogP) is 3.40. The summed E-state index contributed by atoms with van der Waals surface area (Å²) >= 11 is 0. The van der Waals surface area contributed by atoms with Crippen LogP contribution >= 0.6 is 0 Å². The Hall–Kier alpha value is -1.51. The molecule has 1 saturated carbocycles. The van der Waals surface area contributed by atoms with Crippen molar-refractivity contribution >= 4 is 5.91 Å². The molecule has 0 unspecified atom stereocenters. The first kappa shape index (κ1) is 13.9. The van der Waals surface area contributed by atoms with E-state index in [1.165, 1.54) is 32.1 Å². The van der Waals surface area contributed by atoms with Gasteiger partial charge in [0.05, 0.1) is 12.7 Å². The molecule has 19 heavy (non-hydrogen) atoms. The van der Waals surface area contributed by atoms with Crippen LogP contribution in [0.3, 0.4) is 0 Å². The van der Waals surface area contributed by atoms with Gasteiger partial charge in [-0.25, -0.2) is 0 Å². The van der Waals surface area contributed by atoms with Crippen molar-refractivity contribution in [3.8, 4) is 5.75 Å². The van der Waals surface area contributed by atoms with Crippen molar-refractivity contribution in [2.24, 2.45) is 5.92 Å². The summed E-state index contributed by atoms with van der Waals surface area (Å²) in [5, 5.41) is 2.98. The topological polar surface area (TPSA) is 38.3 Å². The lowest BCUT2D eigenvalue weighted by molar-refractivity contribution is 0.0949. The minimum absolute atomic E-state index is 0.0381. The van der Waals surface area contributed by atoms with E-state index in [1.54, 1.807) is 13.2 Å². The third kappa shape index (κ3) is 3.98. The smallest absolute Gasteiger partial charge is 0.255 e. The van der Waals surface area contributed by atoms with Crippen molar-refractivity contribution in [2.75, 3.05) is 13.7 Å². The molecule has 1 fully saturated rings. The number of nitrogens with one attached hydrogen (secondary N) is 1. The summed E-state index contributed by atoms with van der Waals surface area (Å²) in [5.41, 5.74) is 0.617. The van der Waals surface area contributed by atoms with E-state index in [1.807, 2.05) is 18.2 Å². The number of benzene rings is 1. The van der Waals surface area contributed by atoms with E-state index in [0.29, 0.717) is 11.3 Å². The van der Waals surface area contributed by atoms with Crippen LogP contribution in [0.5, 0.6) is 5.75 Å². The molecule has 1 aromatic rings. The monoisotopic (exact) mass is 261 g/mol. The highest BCUT2D eigenvalue weighted by Crippen LogP contribution is 2.28. The fourth-order valence-corrected chi connectivity index (χ4v) is 2.82. The average molecular weight is 261 g/mol. The Morgan fingerprint density at radius 3 is 2.79 bits per heavy atom. The molecule has 1 N–H and O–H groups in total. The molecule has 0 aliphatic heterocycles. The predicted molar refractivity (Wildman–Crippen MR) is 76.5 cm³/mol. The van der Waals surface area contributed by atoms with Crippen LogP contribution < -0.4 is 10.1 Å². The van der Waals surface area contributed by atoms with Crippen LogP contribution in [0.2, 0.25) is 0 Å². The van der Waals surface area contributed by atoms with Gasteiger partial charge in [-0.2, -0.15) is 0 Å². The van der Waals surface area contributed by atoms with Crippen molar-refractivity contribution < 1.29 is 9.53 Å². The number of ether oxygens (including phenoxy) is 1. The molecule has 2 rings (SSSR count). The Kier molecular flexibility index (Phi) is 5.25. The van der Waals surface area contributed by atoms with E-state index in [4.69, 9.17) is 4.74 Å². The number of carbonyl (C=O) groups is 1. The molecular formula is C16H23NO2. The fraction of sp³-hybridized carbons (Fsp3) is 0.562. The van der Waals surface area contributed by atoms with Crippen LogP contribution in [0, 0.1) is 5.92 Å². The zero-order chi connectivity index (χ0) is 13.5. The number of para-hydroxylation sites is 1. The van der Waals surface area contributed by atoms with E-state index in [-0.39, 0.29) is 5.91 Å². The summed E-state index contributed by atoms with van der Waals surface area (Å²) in [4.78, 5) is 12.0. The SMILES string of the molecule is COc1ccccc1C(=O)NCCCC1CCCC1. The second-order valence-electron chi connectivity index (χ2n) is 5.25. The molecule has 3 nitrogen and oxygen atoms in total. The van der Waals surface area contributed by atoms with Crippen molar-refractivity contribution in [1.82, 2.24) is 5.32 Å². The number of rotatable bonds is 6. The van der Waals surface area contributed by atoms with Gasteiger partial charge < -0.3 is 10.1 Å². The van der Waals surface area contributed by atoms with Crippen LogP contribution in [0.4, 0.5) is 0 Å². The lowest BCUT2D eigenvalue weighted by atomic mass is 10.0. The van der Waals surface area contributed by atoms with Crippen molar-refractivity contribution in [3.63, 3.8) is 0 Å². The van der Waals surface area contributed by atoms with E-state index >= 15 is 0 Å². The van der Waals surface area contributed by atoms with Crippen LogP contribution in [0.25, 0.3) is 0 Å². The zero-order valence-electron chi connectivity index (χ0n) is 11.7. The molecule has 0 saturated heterocycles. The maximum absolute atomic E-state index is 12.0. The summed E-state index contributed by atoms with van der Waals surface area (Å²) in [5.74, 6) is 1.49. The van der Waals surface area contributed by atoms with Crippen molar-refractivity contribution in [1.29, 1.82) is 0 Å². The zero-order valence-corrected chi connectivity index (χ0v) is 11.7. The second-order valence-corrected chi connectivity index (χ2v) is 5.25. The normalized spacial score (nSPS) is 15.4. The molecule has 0 aromatic heterocycles. The maximum Gasteiger partial charge on any atom is 0.255 e. The van der Waals surface area contributed by atoms with Gasteiger partial charge in [-0.05, 0) is 30.9 Å². The molecule has 0 heterocycles. The van der Waals surface area contributed by atoms with Crippen molar-refractivity contribution in [3.05, 3.63) is 29.8 Å². The number of amides is 1. The van der Waals surface area contributed by atoms with Gasteiger partial charge in [0.1, 0.15) is 5.75 Å². The molecule has 0 bridgehead atoms. The highest BCUT2D eigenvalue weighted by atomic mass is 16.5. The number of hydrogen-bond donors (Lipinski definition) is 1. The van der Waals surface area contributed by atoms with E-state index in [9.17, 15) is 4.79 Å². The highest BCUT2D eigenvalue weighted by molar-refractivity contribution is 5.96. The summed E-state index contributed by atoms with van der Waals surface area (Å²) in [6.07, 6.45) is 7.84. The average Bonchev–Trinajstić information content (AvgIpc) is 2.96. The summed E-state index contributed by atoms with van der Waals surface area (Å²) < 4.78 is 5.19.